The summed E-state index contributed by atoms with van der Waals surface area (Å²) in [5.74, 6) is 1.45. The van der Waals surface area contributed by atoms with E-state index in [1.54, 1.807) is 0 Å². The van der Waals surface area contributed by atoms with Gasteiger partial charge in [-0.15, -0.1) is 0 Å². The van der Waals surface area contributed by atoms with Crippen molar-refractivity contribution in [1.82, 2.24) is 0 Å². The third-order valence-electron chi connectivity index (χ3n) is 3.41. The number of amides is 1. The third kappa shape index (κ3) is 5.49. The summed E-state index contributed by atoms with van der Waals surface area (Å²) >= 11 is 2.23. The van der Waals surface area contributed by atoms with Crippen LogP contribution in [0.1, 0.15) is 0 Å². The van der Waals surface area contributed by atoms with Gasteiger partial charge in [0.05, 0.1) is 6.54 Å². The predicted octanol–water partition coefficient (Wildman–Crippen LogP) is 5.13. The van der Waals surface area contributed by atoms with Gasteiger partial charge in [0.1, 0.15) is 11.5 Å². The maximum atomic E-state index is 12.0. The lowest BCUT2D eigenvalue weighted by atomic mass is 10.3. The average molecular weight is 444 g/mol. The van der Waals surface area contributed by atoms with Crippen molar-refractivity contribution in [3.8, 4) is 11.5 Å². The minimum atomic E-state index is -0.0918. The predicted molar refractivity (Wildman–Crippen MR) is 109 cm³/mol. The first-order valence-corrected chi connectivity index (χ1v) is 8.89. The van der Waals surface area contributed by atoms with Gasteiger partial charge in [-0.05, 0) is 83.3 Å². The zero-order valence-corrected chi connectivity index (χ0v) is 15.6. The van der Waals surface area contributed by atoms with E-state index in [2.05, 4.69) is 33.2 Å². The first-order valence-electron chi connectivity index (χ1n) is 7.81. The number of rotatable bonds is 6. The Kier molecular flexibility index (Phi) is 5.90. The zero-order valence-electron chi connectivity index (χ0n) is 13.4. The Morgan fingerprint density at radius 1 is 0.800 bits per heavy atom. The maximum absolute atomic E-state index is 12.0. The number of anilines is 2. The highest BCUT2D eigenvalue weighted by atomic mass is 127. The first kappa shape index (κ1) is 17.3. The molecule has 3 aromatic carbocycles. The van der Waals surface area contributed by atoms with E-state index in [-0.39, 0.29) is 12.5 Å². The van der Waals surface area contributed by atoms with Gasteiger partial charge in [-0.1, -0.05) is 18.2 Å². The van der Waals surface area contributed by atoms with Gasteiger partial charge in [-0.3, -0.25) is 4.79 Å². The SMILES string of the molecule is O=C(CNc1ccc(Oc2ccccc2)cc1)Nc1ccc(I)cc1. The Bertz CT molecular complexity index is 819. The van der Waals surface area contributed by atoms with Crippen LogP contribution in [0, 0.1) is 3.57 Å². The fourth-order valence-corrected chi connectivity index (χ4v) is 2.55. The number of benzene rings is 3. The quantitative estimate of drug-likeness (QED) is 0.518. The highest BCUT2D eigenvalue weighted by molar-refractivity contribution is 14.1. The fourth-order valence-electron chi connectivity index (χ4n) is 2.19. The zero-order chi connectivity index (χ0) is 17.5. The smallest absolute Gasteiger partial charge is 0.243 e. The molecule has 5 heteroatoms. The van der Waals surface area contributed by atoms with Gasteiger partial charge in [-0.2, -0.15) is 0 Å². The molecule has 0 radical (unpaired) electrons. The van der Waals surface area contributed by atoms with Crippen molar-refractivity contribution in [2.75, 3.05) is 17.2 Å². The summed E-state index contributed by atoms with van der Waals surface area (Å²) in [7, 11) is 0. The molecule has 3 rings (SSSR count). The van der Waals surface area contributed by atoms with Crippen molar-refractivity contribution in [2.45, 2.75) is 0 Å². The van der Waals surface area contributed by atoms with Gasteiger partial charge in [0.15, 0.2) is 0 Å². The van der Waals surface area contributed by atoms with Crippen LogP contribution in [0.5, 0.6) is 11.5 Å². The van der Waals surface area contributed by atoms with Gasteiger partial charge >= 0.3 is 0 Å². The molecule has 0 aliphatic rings. The highest BCUT2D eigenvalue weighted by Crippen LogP contribution is 2.22. The van der Waals surface area contributed by atoms with E-state index in [0.717, 1.165) is 26.4 Å². The number of nitrogens with one attached hydrogen (secondary N) is 2. The summed E-state index contributed by atoms with van der Waals surface area (Å²) in [6.07, 6.45) is 0. The minimum absolute atomic E-state index is 0.0918. The van der Waals surface area contributed by atoms with Crippen molar-refractivity contribution >= 4 is 39.9 Å². The average Bonchev–Trinajstić information content (AvgIpc) is 2.64. The number of carbonyl (C=O) groups excluding carboxylic acids is 1. The number of hydrogen-bond acceptors (Lipinski definition) is 3. The molecule has 1 amide bonds. The van der Waals surface area contributed by atoms with E-state index < -0.39 is 0 Å². The Hall–Kier alpha value is -2.54. The van der Waals surface area contributed by atoms with E-state index in [1.165, 1.54) is 0 Å². The van der Waals surface area contributed by atoms with Crippen molar-refractivity contribution in [3.05, 3.63) is 82.4 Å². The second-order valence-electron chi connectivity index (χ2n) is 5.35. The largest absolute Gasteiger partial charge is 0.457 e. The van der Waals surface area contributed by atoms with Crippen LogP contribution in [0.25, 0.3) is 0 Å². The molecule has 3 aromatic rings. The first-order chi connectivity index (χ1) is 12.2. The van der Waals surface area contributed by atoms with Crippen LogP contribution in [0.2, 0.25) is 0 Å². The van der Waals surface area contributed by atoms with E-state index in [0.29, 0.717) is 0 Å². The van der Waals surface area contributed by atoms with E-state index >= 15 is 0 Å². The molecule has 0 bridgehead atoms. The molecule has 0 unspecified atom stereocenters. The summed E-state index contributed by atoms with van der Waals surface area (Å²) in [6.45, 7) is 0.199. The molecule has 0 saturated carbocycles. The van der Waals surface area contributed by atoms with Gasteiger partial charge in [0.2, 0.25) is 5.91 Å². The number of hydrogen-bond donors (Lipinski definition) is 2. The minimum Gasteiger partial charge on any atom is -0.457 e. The molecule has 0 saturated heterocycles. The Morgan fingerprint density at radius 3 is 2.08 bits per heavy atom. The lowest BCUT2D eigenvalue weighted by Gasteiger charge is -2.09. The van der Waals surface area contributed by atoms with Crippen molar-refractivity contribution in [2.24, 2.45) is 0 Å². The molecule has 0 atom stereocenters. The van der Waals surface area contributed by atoms with Crippen molar-refractivity contribution in [3.63, 3.8) is 0 Å². The molecule has 25 heavy (non-hydrogen) atoms. The molecular formula is C20H17IN2O2. The standard InChI is InChI=1S/C20H17IN2O2/c21-15-6-8-17(9-7-15)23-20(24)14-22-16-10-12-19(13-11-16)25-18-4-2-1-3-5-18/h1-13,22H,14H2,(H,23,24). The number of halogens is 1. The lowest BCUT2D eigenvalue weighted by molar-refractivity contribution is -0.114. The lowest BCUT2D eigenvalue weighted by Crippen LogP contribution is -2.21. The molecule has 4 nitrogen and oxygen atoms in total. The molecular weight excluding hydrogens is 427 g/mol. The summed E-state index contributed by atoms with van der Waals surface area (Å²) < 4.78 is 6.87. The third-order valence-corrected chi connectivity index (χ3v) is 4.13. The Labute approximate surface area is 160 Å². The highest BCUT2D eigenvalue weighted by Gasteiger charge is 2.03. The molecule has 0 spiro atoms. The summed E-state index contributed by atoms with van der Waals surface area (Å²) in [4.78, 5) is 12.0. The molecule has 126 valence electrons. The van der Waals surface area contributed by atoms with Gasteiger partial charge in [0, 0.05) is 14.9 Å². The second kappa shape index (κ2) is 8.53. The van der Waals surface area contributed by atoms with Crippen LogP contribution in [-0.2, 0) is 4.79 Å². The second-order valence-corrected chi connectivity index (χ2v) is 6.59. The molecule has 2 N–H and O–H groups in total. The monoisotopic (exact) mass is 444 g/mol. The van der Waals surface area contributed by atoms with Crippen molar-refractivity contribution < 1.29 is 9.53 Å². The molecule has 0 fully saturated rings. The Balaban J connectivity index is 1.49. The molecule has 0 heterocycles. The number of para-hydroxylation sites is 1. The van der Waals surface area contributed by atoms with Crippen LogP contribution >= 0.6 is 22.6 Å². The van der Waals surface area contributed by atoms with Crippen molar-refractivity contribution in [1.29, 1.82) is 0 Å². The van der Waals surface area contributed by atoms with Crippen LogP contribution in [0.15, 0.2) is 78.9 Å². The van der Waals surface area contributed by atoms with Crippen LogP contribution in [0.3, 0.4) is 0 Å². The van der Waals surface area contributed by atoms with Crippen LogP contribution < -0.4 is 15.4 Å². The molecule has 0 aromatic heterocycles. The summed E-state index contributed by atoms with van der Waals surface area (Å²) in [5.41, 5.74) is 1.65. The molecule has 0 aliphatic heterocycles. The fraction of sp³-hybridized carbons (Fsp3) is 0.0500. The van der Waals surface area contributed by atoms with E-state index in [4.69, 9.17) is 4.74 Å². The van der Waals surface area contributed by atoms with Crippen LogP contribution in [0.4, 0.5) is 11.4 Å². The topological polar surface area (TPSA) is 50.4 Å². The number of carbonyl (C=O) groups is 1. The van der Waals surface area contributed by atoms with Gasteiger partial charge < -0.3 is 15.4 Å². The Morgan fingerprint density at radius 2 is 1.40 bits per heavy atom. The van der Waals surface area contributed by atoms with Gasteiger partial charge in [0.25, 0.3) is 0 Å². The maximum Gasteiger partial charge on any atom is 0.243 e. The van der Waals surface area contributed by atoms with E-state index in [1.807, 2.05) is 78.9 Å². The molecule has 0 aliphatic carbocycles. The summed E-state index contributed by atoms with van der Waals surface area (Å²) in [6, 6.07) is 24.8. The normalized spacial score (nSPS) is 10.1. The van der Waals surface area contributed by atoms with E-state index in [9.17, 15) is 4.79 Å². The van der Waals surface area contributed by atoms with Crippen LogP contribution in [-0.4, -0.2) is 12.5 Å². The summed E-state index contributed by atoms with van der Waals surface area (Å²) in [5, 5.41) is 5.95. The van der Waals surface area contributed by atoms with Gasteiger partial charge in [-0.25, -0.2) is 0 Å². The number of ether oxygens (including phenoxy) is 1.